The number of rotatable bonds is 9. The van der Waals surface area contributed by atoms with E-state index in [0.717, 1.165) is 30.9 Å². The molecule has 32 heavy (non-hydrogen) atoms. The Balaban J connectivity index is 1.26. The van der Waals surface area contributed by atoms with Crippen molar-refractivity contribution in [3.63, 3.8) is 0 Å². The molecule has 1 aliphatic heterocycles. The van der Waals surface area contributed by atoms with Gasteiger partial charge in [0.05, 0.1) is 18.9 Å². The van der Waals surface area contributed by atoms with E-state index in [4.69, 9.17) is 13.9 Å². The lowest BCUT2D eigenvalue weighted by Crippen LogP contribution is -2.22. The number of furan rings is 1. The van der Waals surface area contributed by atoms with Crippen LogP contribution in [-0.4, -0.2) is 37.7 Å². The van der Waals surface area contributed by atoms with Crippen molar-refractivity contribution in [1.29, 1.82) is 0 Å². The third-order valence-electron chi connectivity index (χ3n) is 4.90. The highest BCUT2D eigenvalue weighted by molar-refractivity contribution is 6.02. The molecular weight excluding hydrogens is 410 g/mol. The molecule has 4 rings (SSSR count). The molecule has 3 aromatic rings. The van der Waals surface area contributed by atoms with Gasteiger partial charge in [-0.3, -0.25) is 9.59 Å². The Bertz CT molecular complexity index is 1050. The number of hydrogen-bond acceptors (Lipinski definition) is 6. The van der Waals surface area contributed by atoms with Gasteiger partial charge in [-0.2, -0.15) is 0 Å². The van der Waals surface area contributed by atoms with Gasteiger partial charge in [-0.25, -0.2) is 0 Å². The highest BCUT2D eigenvalue weighted by atomic mass is 16.5. The molecule has 0 bridgehead atoms. The van der Waals surface area contributed by atoms with Gasteiger partial charge in [0.1, 0.15) is 12.4 Å². The molecule has 1 unspecified atom stereocenters. The maximum Gasteiger partial charge on any atom is 0.291 e. The van der Waals surface area contributed by atoms with E-state index in [9.17, 15) is 9.59 Å². The van der Waals surface area contributed by atoms with Crippen LogP contribution in [0.5, 0.6) is 5.75 Å². The number of amides is 2. The lowest BCUT2D eigenvalue weighted by Gasteiger charge is -2.13. The minimum atomic E-state index is -0.360. The van der Waals surface area contributed by atoms with Crippen LogP contribution in [0, 0.1) is 0 Å². The smallest absolute Gasteiger partial charge is 0.291 e. The molecule has 0 radical (unpaired) electrons. The average molecular weight is 435 g/mol. The van der Waals surface area contributed by atoms with Crippen LogP contribution >= 0.6 is 0 Å². The number of carbonyl (C=O) groups is 2. The molecule has 166 valence electrons. The molecule has 8 heteroatoms. The number of ether oxygens (including phenoxy) is 2. The normalized spacial score (nSPS) is 15.2. The van der Waals surface area contributed by atoms with Gasteiger partial charge in [0.2, 0.25) is 5.91 Å². The first-order valence-electron chi connectivity index (χ1n) is 10.5. The molecule has 1 aliphatic rings. The molecule has 3 N–H and O–H groups in total. The summed E-state index contributed by atoms with van der Waals surface area (Å²) in [7, 11) is 0. The molecule has 0 saturated carbocycles. The fraction of sp³-hybridized carbons (Fsp3) is 0.250. The lowest BCUT2D eigenvalue weighted by molar-refractivity contribution is -0.114. The first kappa shape index (κ1) is 21.5. The second-order valence-electron chi connectivity index (χ2n) is 7.39. The van der Waals surface area contributed by atoms with Crippen molar-refractivity contribution in [3.05, 3.63) is 72.7 Å². The zero-order valence-electron chi connectivity index (χ0n) is 17.5. The van der Waals surface area contributed by atoms with Gasteiger partial charge < -0.3 is 29.8 Å². The quantitative estimate of drug-likeness (QED) is 0.467. The van der Waals surface area contributed by atoms with Crippen LogP contribution in [0.15, 0.2) is 71.3 Å². The van der Waals surface area contributed by atoms with Gasteiger partial charge >= 0.3 is 0 Å². The number of nitrogens with one attached hydrogen (secondary N) is 3. The molecule has 1 atom stereocenters. The van der Waals surface area contributed by atoms with E-state index in [-0.39, 0.29) is 30.2 Å². The van der Waals surface area contributed by atoms with E-state index in [2.05, 4.69) is 16.0 Å². The van der Waals surface area contributed by atoms with Crippen LogP contribution in [0.2, 0.25) is 0 Å². The van der Waals surface area contributed by atoms with E-state index in [1.54, 1.807) is 36.4 Å². The summed E-state index contributed by atoms with van der Waals surface area (Å²) in [6.45, 7) is 1.40. The van der Waals surface area contributed by atoms with Crippen LogP contribution in [0.3, 0.4) is 0 Å². The monoisotopic (exact) mass is 435 g/mol. The van der Waals surface area contributed by atoms with Crippen molar-refractivity contribution >= 4 is 28.9 Å². The van der Waals surface area contributed by atoms with Crippen LogP contribution in [0.1, 0.15) is 23.4 Å². The van der Waals surface area contributed by atoms with E-state index in [1.807, 2.05) is 24.3 Å². The van der Waals surface area contributed by atoms with E-state index < -0.39 is 0 Å². The van der Waals surface area contributed by atoms with E-state index in [0.29, 0.717) is 18.0 Å². The van der Waals surface area contributed by atoms with Gasteiger partial charge in [-0.1, -0.05) is 12.1 Å². The molecule has 0 spiro atoms. The molecule has 1 fully saturated rings. The summed E-state index contributed by atoms with van der Waals surface area (Å²) in [5, 5.41) is 8.64. The van der Waals surface area contributed by atoms with Crippen molar-refractivity contribution in [2.24, 2.45) is 0 Å². The Hall–Kier alpha value is -3.78. The molecule has 1 saturated heterocycles. The van der Waals surface area contributed by atoms with Crippen molar-refractivity contribution in [2.75, 3.05) is 35.7 Å². The van der Waals surface area contributed by atoms with Crippen molar-refractivity contribution in [3.8, 4) is 5.75 Å². The molecular formula is C24H25N3O5. The van der Waals surface area contributed by atoms with Crippen LogP contribution in [0.25, 0.3) is 0 Å². The Labute approximate surface area is 185 Å². The van der Waals surface area contributed by atoms with Crippen LogP contribution < -0.4 is 20.7 Å². The molecule has 0 aliphatic carbocycles. The molecule has 2 amide bonds. The zero-order chi connectivity index (χ0) is 22.2. The summed E-state index contributed by atoms with van der Waals surface area (Å²) >= 11 is 0. The highest BCUT2D eigenvalue weighted by Gasteiger charge is 2.16. The summed E-state index contributed by atoms with van der Waals surface area (Å²) in [4.78, 5) is 24.5. The Morgan fingerprint density at radius 1 is 0.969 bits per heavy atom. The molecule has 2 heterocycles. The summed E-state index contributed by atoms with van der Waals surface area (Å²) in [5.41, 5.74) is 1.90. The first-order valence-corrected chi connectivity index (χ1v) is 10.5. The predicted octanol–water partition coefficient (Wildman–Crippen LogP) is 4.14. The minimum absolute atomic E-state index is 0.0815. The summed E-state index contributed by atoms with van der Waals surface area (Å²) in [6.07, 6.45) is 3.68. The largest absolute Gasteiger partial charge is 0.491 e. The van der Waals surface area contributed by atoms with Crippen molar-refractivity contribution in [1.82, 2.24) is 0 Å². The summed E-state index contributed by atoms with van der Waals surface area (Å²) in [5.74, 6) is 0.364. The van der Waals surface area contributed by atoms with Crippen molar-refractivity contribution < 1.29 is 23.5 Å². The average Bonchev–Trinajstić information content (AvgIpc) is 3.51. The second kappa shape index (κ2) is 10.5. The minimum Gasteiger partial charge on any atom is -0.491 e. The number of anilines is 3. The van der Waals surface area contributed by atoms with Gasteiger partial charge in [0, 0.05) is 29.7 Å². The number of carbonyl (C=O) groups excluding carboxylic acids is 2. The SMILES string of the molecule is O=C(CNc1cccc(OCC2CCCO2)c1)Nc1cccc(NC(=O)c2ccco2)c1. The topological polar surface area (TPSA) is 102 Å². The van der Waals surface area contributed by atoms with Gasteiger partial charge in [0.15, 0.2) is 5.76 Å². The zero-order valence-corrected chi connectivity index (χ0v) is 17.5. The van der Waals surface area contributed by atoms with Crippen molar-refractivity contribution in [2.45, 2.75) is 18.9 Å². The third kappa shape index (κ3) is 6.12. The maximum atomic E-state index is 12.4. The van der Waals surface area contributed by atoms with E-state index in [1.165, 1.54) is 6.26 Å². The highest BCUT2D eigenvalue weighted by Crippen LogP contribution is 2.20. The second-order valence-corrected chi connectivity index (χ2v) is 7.39. The van der Waals surface area contributed by atoms with Gasteiger partial charge in [-0.05, 0) is 55.3 Å². The van der Waals surface area contributed by atoms with E-state index >= 15 is 0 Å². The van der Waals surface area contributed by atoms with Crippen LogP contribution in [0.4, 0.5) is 17.1 Å². The van der Waals surface area contributed by atoms with Crippen LogP contribution in [-0.2, 0) is 9.53 Å². The molecule has 8 nitrogen and oxygen atoms in total. The summed E-state index contributed by atoms with van der Waals surface area (Å²) < 4.78 is 16.4. The Morgan fingerprint density at radius 2 is 1.78 bits per heavy atom. The first-order chi connectivity index (χ1) is 15.7. The molecule has 2 aromatic carbocycles. The number of benzene rings is 2. The Morgan fingerprint density at radius 3 is 2.56 bits per heavy atom. The maximum absolute atomic E-state index is 12.4. The van der Waals surface area contributed by atoms with Gasteiger partial charge in [0.25, 0.3) is 5.91 Å². The fourth-order valence-electron chi connectivity index (χ4n) is 3.32. The standard InChI is InChI=1S/C24H25N3O5/c28-23(15-25-17-5-2-8-20(14-17)32-16-21-9-3-11-30-21)26-18-6-1-7-19(13-18)27-24(29)22-10-4-12-31-22/h1-2,4-8,10,12-14,21,25H,3,9,11,15-16H2,(H,26,28)(H,27,29). The lowest BCUT2D eigenvalue weighted by atomic mass is 10.2. The summed E-state index contributed by atoms with van der Waals surface area (Å²) in [6, 6.07) is 17.6. The number of hydrogen-bond donors (Lipinski definition) is 3. The Kier molecular flexibility index (Phi) is 7.04. The molecule has 1 aromatic heterocycles. The third-order valence-corrected chi connectivity index (χ3v) is 4.90. The van der Waals surface area contributed by atoms with Gasteiger partial charge in [-0.15, -0.1) is 0 Å². The predicted molar refractivity (Wildman–Crippen MR) is 121 cm³/mol. The fourth-order valence-corrected chi connectivity index (χ4v) is 3.32.